The number of nitrogens with one attached hydrogen (secondary N) is 1. The van der Waals surface area contributed by atoms with Crippen LogP contribution in [0.1, 0.15) is 6.42 Å². The van der Waals surface area contributed by atoms with Gasteiger partial charge in [-0.2, -0.15) is 11.8 Å². The lowest BCUT2D eigenvalue weighted by atomic mass is 10.2. The Hall–Kier alpha value is -0.830. The molecule has 0 aliphatic carbocycles. The van der Waals surface area contributed by atoms with Crippen molar-refractivity contribution in [3.05, 3.63) is 24.3 Å². The molecule has 0 amide bonds. The van der Waals surface area contributed by atoms with Gasteiger partial charge in [0.2, 0.25) is 0 Å². The molecule has 2 rings (SSSR count). The van der Waals surface area contributed by atoms with Gasteiger partial charge in [0.05, 0.1) is 12.8 Å². The lowest BCUT2D eigenvalue weighted by molar-refractivity contribution is 0.416. The smallest absolute Gasteiger partial charge is 0.141 e. The van der Waals surface area contributed by atoms with Crippen molar-refractivity contribution in [1.82, 2.24) is 0 Å². The summed E-state index contributed by atoms with van der Waals surface area (Å²) in [6.45, 7) is 0. The fraction of sp³-hybridized carbons (Fsp3) is 0.455. The van der Waals surface area contributed by atoms with Crippen molar-refractivity contribution >= 4 is 17.4 Å². The molecule has 1 aromatic carbocycles. The van der Waals surface area contributed by atoms with Crippen LogP contribution in [0.5, 0.6) is 5.75 Å². The molecule has 1 heterocycles. The Morgan fingerprint density at radius 2 is 2.29 bits per heavy atom. The van der Waals surface area contributed by atoms with E-state index in [1.165, 1.54) is 17.9 Å². The second-order valence-corrected chi connectivity index (χ2v) is 4.55. The molecule has 1 atom stereocenters. The maximum Gasteiger partial charge on any atom is 0.141 e. The highest BCUT2D eigenvalue weighted by molar-refractivity contribution is 7.99. The predicted molar refractivity (Wildman–Crippen MR) is 62.3 cm³/mol. The zero-order valence-electron chi connectivity index (χ0n) is 8.32. The first kappa shape index (κ1) is 9.71. The van der Waals surface area contributed by atoms with Gasteiger partial charge < -0.3 is 10.1 Å². The molecular weight excluding hydrogens is 194 g/mol. The van der Waals surface area contributed by atoms with E-state index in [1.807, 2.05) is 30.0 Å². The van der Waals surface area contributed by atoms with E-state index >= 15 is 0 Å². The molecule has 14 heavy (non-hydrogen) atoms. The van der Waals surface area contributed by atoms with Gasteiger partial charge in [-0.3, -0.25) is 0 Å². The summed E-state index contributed by atoms with van der Waals surface area (Å²) in [6, 6.07) is 8.70. The van der Waals surface area contributed by atoms with Crippen LogP contribution in [-0.4, -0.2) is 24.7 Å². The number of anilines is 1. The van der Waals surface area contributed by atoms with Crippen molar-refractivity contribution in [1.29, 1.82) is 0 Å². The van der Waals surface area contributed by atoms with Crippen molar-refractivity contribution in [3.8, 4) is 5.75 Å². The molecule has 1 fully saturated rings. The Labute approximate surface area is 89.0 Å². The molecule has 1 saturated heterocycles. The maximum absolute atomic E-state index is 5.29. The van der Waals surface area contributed by atoms with Gasteiger partial charge in [0.1, 0.15) is 5.75 Å². The third-order valence-electron chi connectivity index (χ3n) is 2.40. The predicted octanol–water partition coefficient (Wildman–Crippen LogP) is 2.61. The van der Waals surface area contributed by atoms with Gasteiger partial charge in [-0.15, -0.1) is 0 Å². The quantitative estimate of drug-likeness (QED) is 0.827. The van der Waals surface area contributed by atoms with Crippen LogP contribution < -0.4 is 10.1 Å². The van der Waals surface area contributed by atoms with Gasteiger partial charge >= 0.3 is 0 Å². The lowest BCUT2D eigenvalue weighted by Crippen LogP contribution is -2.18. The van der Waals surface area contributed by atoms with Crippen LogP contribution in [0.2, 0.25) is 0 Å². The molecule has 0 spiro atoms. The summed E-state index contributed by atoms with van der Waals surface area (Å²) in [5.74, 6) is 3.41. The first-order chi connectivity index (χ1) is 6.90. The summed E-state index contributed by atoms with van der Waals surface area (Å²) >= 11 is 2.01. The number of hydrogen-bond acceptors (Lipinski definition) is 3. The standard InChI is InChI=1S/C11H15NOS/c1-13-11-5-3-2-4-10(11)12-9-6-7-14-8-9/h2-5,9,12H,6-8H2,1H3. The molecule has 3 heteroatoms. The van der Waals surface area contributed by atoms with Crippen molar-refractivity contribution in [2.75, 3.05) is 23.9 Å². The minimum Gasteiger partial charge on any atom is -0.495 e. The Balaban J connectivity index is 2.07. The number of para-hydroxylation sites is 2. The van der Waals surface area contributed by atoms with Crippen molar-refractivity contribution in [2.24, 2.45) is 0 Å². The molecule has 0 radical (unpaired) electrons. The number of rotatable bonds is 3. The molecule has 0 aromatic heterocycles. The van der Waals surface area contributed by atoms with Gasteiger partial charge in [-0.25, -0.2) is 0 Å². The first-order valence-corrected chi connectivity index (χ1v) is 6.03. The lowest BCUT2D eigenvalue weighted by Gasteiger charge is -2.15. The van der Waals surface area contributed by atoms with Gasteiger partial charge in [-0.05, 0) is 24.3 Å². The summed E-state index contributed by atoms with van der Waals surface area (Å²) in [5, 5.41) is 3.51. The fourth-order valence-corrected chi connectivity index (χ4v) is 2.78. The Bertz CT molecular complexity index is 297. The summed E-state index contributed by atoms with van der Waals surface area (Å²) < 4.78 is 5.29. The van der Waals surface area contributed by atoms with Crippen LogP contribution in [0.25, 0.3) is 0 Å². The normalized spacial score (nSPS) is 20.8. The Morgan fingerprint density at radius 1 is 1.43 bits per heavy atom. The van der Waals surface area contributed by atoms with Gasteiger partial charge in [0.25, 0.3) is 0 Å². The SMILES string of the molecule is COc1ccccc1NC1CCSC1. The average molecular weight is 209 g/mol. The number of thioether (sulfide) groups is 1. The number of benzene rings is 1. The molecule has 1 N–H and O–H groups in total. The van der Waals surface area contributed by atoms with E-state index in [2.05, 4.69) is 11.4 Å². The summed E-state index contributed by atoms with van der Waals surface area (Å²) in [5.41, 5.74) is 1.11. The van der Waals surface area contributed by atoms with Crippen LogP contribution >= 0.6 is 11.8 Å². The fourth-order valence-electron chi connectivity index (χ4n) is 1.63. The number of ether oxygens (including phenoxy) is 1. The minimum absolute atomic E-state index is 0.608. The number of methoxy groups -OCH3 is 1. The highest BCUT2D eigenvalue weighted by Gasteiger charge is 2.16. The van der Waals surface area contributed by atoms with E-state index in [0.717, 1.165) is 11.4 Å². The molecule has 1 aromatic rings. The van der Waals surface area contributed by atoms with Crippen molar-refractivity contribution in [3.63, 3.8) is 0 Å². The monoisotopic (exact) mass is 209 g/mol. The van der Waals surface area contributed by atoms with Gasteiger partial charge in [0, 0.05) is 11.8 Å². The highest BCUT2D eigenvalue weighted by atomic mass is 32.2. The molecule has 0 bridgehead atoms. The number of hydrogen-bond donors (Lipinski definition) is 1. The van der Waals surface area contributed by atoms with E-state index < -0.39 is 0 Å². The summed E-state index contributed by atoms with van der Waals surface area (Å²) in [7, 11) is 1.71. The Kier molecular flexibility index (Phi) is 3.19. The third-order valence-corrected chi connectivity index (χ3v) is 3.56. The van der Waals surface area contributed by atoms with E-state index in [-0.39, 0.29) is 0 Å². The molecule has 1 aliphatic heterocycles. The molecular formula is C11H15NOS. The largest absolute Gasteiger partial charge is 0.495 e. The highest BCUT2D eigenvalue weighted by Crippen LogP contribution is 2.27. The van der Waals surface area contributed by atoms with Crippen LogP contribution in [0.4, 0.5) is 5.69 Å². The van der Waals surface area contributed by atoms with Crippen molar-refractivity contribution < 1.29 is 4.74 Å². The van der Waals surface area contributed by atoms with E-state index in [1.54, 1.807) is 7.11 Å². The zero-order chi connectivity index (χ0) is 9.80. The van der Waals surface area contributed by atoms with E-state index in [9.17, 15) is 0 Å². The molecule has 76 valence electrons. The molecule has 1 aliphatic rings. The van der Waals surface area contributed by atoms with Crippen LogP contribution in [0.3, 0.4) is 0 Å². The topological polar surface area (TPSA) is 21.3 Å². The van der Waals surface area contributed by atoms with Crippen molar-refractivity contribution in [2.45, 2.75) is 12.5 Å². The zero-order valence-corrected chi connectivity index (χ0v) is 9.14. The summed E-state index contributed by atoms with van der Waals surface area (Å²) in [6.07, 6.45) is 1.25. The van der Waals surface area contributed by atoms with Crippen LogP contribution in [0.15, 0.2) is 24.3 Å². The molecule has 1 unspecified atom stereocenters. The second-order valence-electron chi connectivity index (χ2n) is 3.41. The maximum atomic E-state index is 5.29. The Morgan fingerprint density at radius 3 is 3.00 bits per heavy atom. The van der Waals surface area contributed by atoms with E-state index in [4.69, 9.17) is 4.74 Å². The van der Waals surface area contributed by atoms with Crippen LogP contribution in [0, 0.1) is 0 Å². The summed E-state index contributed by atoms with van der Waals surface area (Å²) in [4.78, 5) is 0. The van der Waals surface area contributed by atoms with E-state index in [0.29, 0.717) is 6.04 Å². The molecule has 2 nitrogen and oxygen atoms in total. The first-order valence-electron chi connectivity index (χ1n) is 4.87. The molecule has 0 saturated carbocycles. The third kappa shape index (κ3) is 2.15. The second kappa shape index (κ2) is 4.60. The van der Waals surface area contributed by atoms with Gasteiger partial charge in [-0.1, -0.05) is 12.1 Å². The minimum atomic E-state index is 0.608. The van der Waals surface area contributed by atoms with Crippen LogP contribution in [-0.2, 0) is 0 Å². The average Bonchev–Trinajstić information content (AvgIpc) is 2.71. The van der Waals surface area contributed by atoms with Gasteiger partial charge in [0.15, 0.2) is 0 Å².